The number of amides is 1. The molecule has 0 spiro atoms. The molecular formula is C28H37FN2O5. The average molecular weight is 501 g/mol. The van der Waals surface area contributed by atoms with Crippen LogP contribution in [0.5, 0.6) is 0 Å². The lowest BCUT2D eigenvalue weighted by molar-refractivity contribution is -0.158. The van der Waals surface area contributed by atoms with Gasteiger partial charge >= 0.3 is 11.9 Å². The summed E-state index contributed by atoms with van der Waals surface area (Å²) in [5, 5.41) is 2.53. The summed E-state index contributed by atoms with van der Waals surface area (Å²) in [5.41, 5.74) is -0.0330. The van der Waals surface area contributed by atoms with Crippen molar-refractivity contribution < 1.29 is 28.2 Å². The van der Waals surface area contributed by atoms with E-state index in [0.29, 0.717) is 12.2 Å². The fraction of sp³-hybridized carbons (Fsp3) is 0.464. The molecule has 0 radical (unpaired) electrons. The number of carbonyl (C=O) groups is 3. The van der Waals surface area contributed by atoms with Crippen molar-refractivity contribution in [2.45, 2.75) is 78.2 Å². The quantitative estimate of drug-likeness (QED) is 0.487. The van der Waals surface area contributed by atoms with Crippen LogP contribution in [-0.2, 0) is 25.6 Å². The average Bonchev–Trinajstić information content (AvgIpc) is 2.74. The minimum Gasteiger partial charge on any atom is -0.460 e. The van der Waals surface area contributed by atoms with Crippen LogP contribution in [-0.4, -0.2) is 42.1 Å². The third-order valence-electron chi connectivity index (χ3n) is 4.95. The molecule has 0 bridgehead atoms. The molecule has 2 aromatic rings. The second-order valence-electron chi connectivity index (χ2n) is 10.7. The predicted molar refractivity (Wildman–Crippen MR) is 137 cm³/mol. The second-order valence-corrected chi connectivity index (χ2v) is 10.7. The molecule has 2 rings (SSSR count). The zero-order chi connectivity index (χ0) is 27.1. The summed E-state index contributed by atoms with van der Waals surface area (Å²) in [6.07, 6.45) is -0.164. The standard InChI is InChI=1S/C28H37FN2O5/c1-27(2,3)35-24(32)16-15-23(26(34)36-28(4,5)6)30-25(33)21-14-13-20(17-22(21)29)31(7)18-19-11-9-8-10-12-19/h8-14,17,23H,15-16,18H2,1-7H3,(H,30,33)/t23-/m0/s1. The Bertz CT molecular complexity index is 1060. The Hall–Kier alpha value is -3.42. The van der Waals surface area contributed by atoms with Gasteiger partial charge < -0.3 is 19.7 Å². The topological polar surface area (TPSA) is 84.9 Å². The minimum absolute atomic E-state index is 0.0465. The summed E-state index contributed by atoms with van der Waals surface area (Å²) in [6.45, 7) is 10.9. The molecule has 2 aromatic carbocycles. The third kappa shape index (κ3) is 9.68. The first-order chi connectivity index (χ1) is 16.6. The molecule has 7 nitrogen and oxygen atoms in total. The first kappa shape index (κ1) is 28.8. The summed E-state index contributed by atoms with van der Waals surface area (Å²) < 4.78 is 25.6. The smallest absolute Gasteiger partial charge is 0.329 e. The van der Waals surface area contributed by atoms with Gasteiger partial charge in [-0.1, -0.05) is 30.3 Å². The van der Waals surface area contributed by atoms with Crippen molar-refractivity contribution in [1.82, 2.24) is 5.32 Å². The first-order valence-electron chi connectivity index (χ1n) is 11.9. The van der Waals surface area contributed by atoms with Gasteiger partial charge in [-0.15, -0.1) is 0 Å². The summed E-state index contributed by atoms with van der Waals surface area (Å²) in [4.78, 5) is 39.7. The highest BCUT2D eigenvalue weighted by Gasteiger charge is 2.29. The highest BCUT2D eigenvalue weighted by atomic mass is 19.1. The molecule has 0 saturated heterocycles. The highest BCUT2D eigenvalue weighted by Crippen LogP contribution is 2.20. The molecule has 0 aliphatic rings. The van der Waals surface area contributed by atoms with E-state index in [-0.39, 0.29) is 18.4 Å². The molecule has 0 saturated carbocycles. The fourth-order valence-electron chi connectivity index (χ4n) is 3.39. The Morgan fingerprint density at radius 2 is 1.56 bits per heavy atom. The van der Waals surface area contributed by atoms with Gasteiger partial charge in [0.2, 0.25) is 0 Å². The number of nitrogens with zero attached hydrogens (tertiary/aromatic N) is 1. The molecule has 0 heterocycles. The molecular weight excluding hydrogens is 463 g/mol. The van der Waals surface area contributed by atoms with Crippen molar-refractivity contribution in [1.29, 1.82) is 0 Å². The van der Waals surface area contributed by atoms with E-state index in [2.05, 4.69) is 5.32 Å². The van der Waals surface area contributed by atoms with Crippen molar-refractivity contribution in [3.05, 3.63) is 65.5 Å². The van der Waals surface area contributed by atoms with Crippen LogP contribution in [0.25, 0.3) is 0 Å². The van der Waals surface area contributed by atoms with Crippen molar-refractivity contribution in [2.24, 2.45) is 0 Å². The number of rotatable bonds is 9. The number of anilines is 1. The van der Waals surface area contributed by atoms with E-state index in [0.717, 1.165) is 5.56 Å². The van der Waals surface area contributed by atoms with Gasteiger partial charge in [-0.2, -0.15) is 0 Å². The van der Waals surface area contributed by atoms with E-state index >= 15 is 0 Å². The van der Waals surface area contributed by atoms with Crippen LogP contribution in [0, 0.1) is 5.82 Å². The Morgan fingerprint density at radius 3 is 2.11 bits per heavy atom. The van der Waals surface area contributed by atoms with Gasteiger partial charge in [0.05, 0.1) is 5.56 Å². The number of nitrogens with one attached hydrogen (secondary N) is 1. The molecule has 0 fully saturated rings. The van der Waals surface area contributed by atoms with E-state index in [4.69, 9.17) is 9.47 Å². The van der Waals surface area contributed by atoms with Gasteiger partial charge in [-0.3, -0.25) is 9.59 Å². The molecule has 0 aliphatic heterocycles. The maximum Gasteiger partial charge on any atom is 0.329 e. The Labute approximate surface area is 213 Å². The maximum absolute atomic E-state index is 14.9. The largest absolute Gasteiger partial charge is 0.460 e. The summed E-state index contributed by atoms with van der Waals surface area (Å²) in [5.74, 6) is -2.72. The molecule has 0 aromatic heterocycles. The Kier molecular flexibility index (Phi) is 9.62. The summed E-state index contributed by atoms with van der Waals surface area (Å²) in [6, 6.07) is 12.9. The molecule has 196 valence electrons. The van der Waals surface area contributed by atoms with Crippen molar-refractivity contribution in [3.63, 3.8) is 0 Å². The van der Waals surface area contributed by atoms with E-state index in [1.807, 2.05) is 42.3 Å². The number of hydrogen-bond donors (Lipinski definition) is 1. The van der Waals surface area contributed by atoms with Crippen LogP contribution in [0.3, 0.4) is 0 Å². The first-order valence-corrected chi connectivity index (χ1v) is 11.9. The molecule has 8 heteroatoms. The van der Waals surface area contributed by atoms with E-state index in [1.165, 1.54) is 12.1 Å². The van der Waals surface area contributed by atoms with E-state index < -0.39 is 40.9 Å². The second kappa shape index (κ2) is 12.0. The van der Waals surface area contributed by atoms with E-state index in [1.54, 1.807) is 47.6 Å². The Balaban J connectivity index is 2.14. The zero-order valence-corrected chi connectivity index (χ0v) is 22.2. The van der Waals surface area contributed by atoms with Gasteiger partial charge in [0.1, 0.15) is 23.1 Å². The monoisotopic (exact) mass is 500 g/mol. The lowest BCUT2D eigenvalue weighted by Crippen LogP contribution is -2.44. The number of carbonyl (C=O) groups excluding carboxylic acids is 3. The molecule has 0 aliphatic carbocycles. The highest BCUT2D eigenvalue weighted by molar-refractivity contribution is 5.97. The van der Waals surface area contributed by atoms with Gasteiger partial charge in [0, 0.05) is 25.7 Å². The number of ether oxygens (including phenoxy) is 2. The van der Waals surface area contributed by atoms with Crippen molar-refractivity contribution in [2.75, 3.05) is 11.9 Å². The zero-order valence-electron chi connectivity index (χ0n) is 22.2. The third-order valence-corrected chi connectivity index (χ3v) is 4.95. The van der Waals surface area contributed by atoms with Gasteiger partial charge in [-0.05, 0) is 71.7 Å². The number of benzene rings is 2. The molecule has 36 heavy (non-hydrogen) atoms. The van der Waals surface area contributed by atoms with Crippen LogP contribution in [0.2, 0.25) is 0 Å². The molecule has 1 amide bonds. The van der Waals surface area contributed by atoms with E-state index in [9.17, 15) is 18.8 Å². The van der Waals surface area contributed by atoms with Crippen LogP contribution in [0.15, 0.2) is 48.5 Å². The van der Waals surface area contributed by atoms with Gasteiger partial charge in [-0.25, -0.2) is 9.18 Å². The maximum atomic E-state index is 14.9. The van der Waals surface area contributed by atoms with Crippen LogP contribution in [0.4, 0.5) is 10.1 Å². The van der Waals surface area contributed by atoms with Crippen molar-refractivity contribution in [3.8, 4) is 0 Å². The van der Waals surface area contributed by atoms with Crippen LogP contribution in [0.1, 0.15) is 70.3 Å². The van der Waals surface area contributed by atoms with Gasteiger partial charge in [0.25, 0.3) is 5.91 Å². The normalized spacial score (nSPS) is 12.4. The van der Waals surface area contributed by atoms with Gasteiger partial charge in [0.15, 0.2) is 0 Å². The lowest BCUT2D eigenvalue weighted by Gasteiger charge is -2.25. The van der Waals surface area contributed by atoms with Crippen LogP contribution < -0.4 is 10.2 Å². The molecule has 1 N–H and O–H groups in total. The molecule has 0 unspecified atom stereocenters. The SMILES string of the molecule is CN(Cc1ccccc1)c1ccc(C(=O)N[C@@H](CCC(=O)OC(C)(C)C)C(=O)OC(C)(C)C)c(F)c1. The summed E-state index contributed by atoms with van der Waals surface area (Å²) in [7, 11) is 1.83. The molecule has 1 atom stereocenters. The number of halogens is 1. The number of hydrogen-bond acceptors (Lipinski definition) is 6. The van der Waals surface area contributed by atoms with Crippen LogP contribution >= 0.6 is 0 Å². The minimum atomic E-state index is -1.15. The summed E-state index contributed by atoms with van der Waals surface area (Å²) >= 11 is 0. The number of esters is 2. The lowest BCUT2D eigenvalue weighted by atomic mass is 10.1. The Morgan fingerprint density at radius 1 is 0.944 bits per heavy atom. The predicted octanol–water partition coefficient (Wildman–Crippen LogP) is 5.02. The van der Waals surface area contributed by atoms with Crippen molar-refractivity contribution >= 4 is 23.5 Å². The fourth-order valence-corrected chi connectivity index (χ4v) is 3.39.